The van der Waals surface area contributed by atoms with Gasteiger partial charge in [-0.15, -0.1) is 0 Å². The average Bonchev–Trinajstić information content (AvgIpc) is 2.73. The average molecular weight is 228 g/mol. The lowest BCUT2D eigenvalue weighted by Gasteiger charge is -2.26. The molecular weight excluding hydrogens is 212 g/mol. The zero-order valence-electron chi connectivity index (χ0n) is 9.74. The SMILES string of the molecule is C=NNc1cnc2[nH]ccc2c1CC1CCC1. The summed E-state index contributed by atoms with van der Waals surface area (Å²) in [6, 6.07) is 2.09. The van der Waals surface area contributed by atoms with Gasteiger partial charge in [0.2, 0.25) is 0 Å². The molecular formula is C13H16N4. The van der Waals surface area contributed by atoms with Gasteiger partial charge in [-0.3, -0.25) is 5.43 Å². The topological polar surface area (TPSA) is 53.1 Å². The summed E-state index contributed by atoms with van der Waals surface area (Å²) in [6.07, 6.45) is 8.93. The van der Waals surface area contributed by atoms with E-state index in [1.807, 2.05) is 12.4 Å². The Hall–Kier alpha value is -1.84. The second-order valence-corrected chi connectivity index (χ2v) is 4.66. The maximum Gasteiger partial charge on any atom is 0.137 e. The first-order valence-electron chi connectivity index (χ1n) is 6.05. The van der Waals surface area contributed by atoms with Crippen LogP contribution >= 0.6 is 0 Å². The van der Waals surface area contributed by atoms with Crippen molar-refractivity contribution in [1.29, 1.82) is 0 Å². The van der Waals surface area contributed by atoms with Crippen LogP contribution in [-0.4, -0.2) is 16.7 Å². The minimum Gasteiger partial charge on any atom is -0.346 e. The Morgan fingerprint density at radius 1 is 1.53 bits per heavy atom. The van der Waals surface area contributed by atoms with Crippen molar-refractivity contribution in [2.24, 2.45) is 11.0 Å². The molecule has 1 fully saturated rings. The van der Waals surface area contributed by atoms with Gasteiger partial charge in [0.15, 0.2) is 0 Å². The Morgan fingerprint density at radius 3 is 3.12 bits per heavy atom. The van der Waals surface area contributed by atoms with Gasteiger partial charge >= 0.3 is 0 Å². The van der Waals surface area contributed by atoms with Gasteiger partial charge in [-0.1, -0.05) is 19.3 Å². The fourth-order valence-electron chi connectivity index (χ4n) is 2.45. The minimum atomic E-state index is 0.820. The van der Waals surface area contributed by atoms with Crippen molar-refractivity contribution in [1.82, 2.24) is 9.97 Å². The number of anilines is 1. The smallest absolute Gasteiger partial charge is 0.137 e. The Morgan fingerprint density at radius 2 is 2.41 bits per heavy atom. The third-order valence-corrected chi connectivity index (χ3v) is 3.62. The molecule has 0 radical (unpaired) electrons. The second kappa shape index (κ2) is 4.20. The molecule has 2 aromatic heterocycles. The molecule has 0 bridgehead atoms. The highest BCUT2D eigenvalue weighted by atomic mass is 15.3. The highest BCUT2D eigenvalue weighted by molar-refractivity contribution is 5.84. The maximum absolute atomic E-state index is 4.37. The number of fused-ring (bicyclic) bond motifs is 1. The molecule has 0 atom stereocenters. The Balaban J connectivity index is 2.04. The third kappa shape index (κ3) is 1.79. The molecule has 1 aliphatic rings. The van der Waals surface area contributed by atoms with E-state index >= 15 is 0 Å². The molecule has 0 unspecified atom stereocenters. The largest absolute Gasteiger partial charge is 0.346 e. The summed E-state index contributed by atoms with van der Waals surface area (Å²) in [5, 5.41) is 4.96. The zero-order valence-corrected chi connectivity index (χ0v) is 9.74. The predicted molar refractivity (Wildman–Crippen MR) is 70.3 cm³/mol. The lowest BCUT2D eigenvalue weighted by atomic mass is 9.80. The highest BCUT2D eigenvalue weighted by Crippen LogP contribution is 2.34. The van der Waals surface area contributed by atoms with Crippen LogP contribution in [0.2, 0.25) is 0 Å². The number of hydrogen-bond acceptors (Lipinski definition) is 3. The standard InChI is InChI=1S/C13H16N4/c1-14-17-12-8-16-13-10(5-6-15-13)11(12)7-9-3-2-4-9/h5-6,8-9,17H,1-4,7H2,(H,15,16). The van der Waals surface area contributed by atoms with Gasteiger partial charge in [0.1, 0.15) is 5.65 Å². The predicted octanol–water partition coefficient (Wildman–Crippen LogP) is 2.93. The van der Waals surface area contributed by atoms with Gasteiger partial charge < -0.3 is 4.98 Å². The van der Waals surface area contributed by atoms with Gasteiger partial charge in [-0.25, -0.2) is 4.98 Å². The molecule has 0 aliphatic heterocycles. The van der Waals surface area contributed by atoms with Crippen LogP contribution in [0.15, 0.2) is 23.6 Å². The van der Waals surface area contributed by atoms with Crippen molar-refractivity contribution in [2.45, 2.75) is 25.7 Å². The molecule has 4 heteroatoms. The monoisotopic (exact) mass is 228 g/mol. The number of H-pyrrole nitrogens is 1. The molecule has 2 N–H and O–H groups in total. The van der Waals surface area contributed by atoms with Crippen LogP contribution in [0.5, 0.6) is 0 Å². The maximum atomic E-state index is 4.37. The van der Waals surface area contributed by atoms with E-state index < -0.39 is 0 Å². The number of nitrogens with zero attached hydrogens (tertiary/aromatic N) is 2. The van der Waals surface area contributed by atoms with E-state index in [0.29, 0.717) is 0 Å². The van der Waals surface area contributed by atoms with Crippen molar-refractivity contribution < 1.29 is 0 Å². The van der Waals surface area contributed by atoms with E-state index in [1.165, 1.54) is 30.2 Å². The molecule has 2 heterocycles. The molecule has 2 aromatic rings. The number of hydrogen-bond donors (Lipinski definition) is 2. The molecule has 88 valence electrons. The van der Waals surface area contributed by atoms with Crippen LogP contribution in [-0.2, 0) is 6.42 Å². The molecule has 1 aliphatic carbocycles. The summed E-state index contributed by atoms with van der Waals surface area (Å²) >= 11 is 0. The summed E-state index contributed by atoms with van der Waals surface area (Å²) < 4.78 is 0. The summed E-state index contributed by atoms with van der Waals surface area (Å²) in [5.74, 6) is 0.820. The summed E-state index contributed by atoms with van der Waals surface area (Å²) in [6.45, 7) is 3.48. The van der Waals surface area contributed by atoms with Crippen LogP contribution in [0.4, 0.5) is 5.69 Å². The van der Waals surface area contributed by atoms with Crippen LogP contribution in [0.3, 0.4) is 0 Å². The van der Waals surface area contributed by atoms with Gasteiger partial charge in [-0.05, 0) is 24.0 Å². The summed E-state index contributed by atoms with van der Waals surface area (Å²) in [5.41, 5.74) is 6.20. The summed E-state index contributed by atoms with van der Waals surface area (Å²) in [4.78, 5) is 7.52. The molecule has 0 aromatic carbocycles. The normalized spacial score (nSPS) is 15.8. The molecule has 3 rings (SSSR count). The quantitative estimate of drug-likeness (QED) is 0.624. The molecule has 0 spiro atoms. The molecule has 17 heavy (non-hydrogen) atoms. The van der Waals surface area contributed by atoms with E-state index in [-0.39, 0.29) is 0 Å². The molecule has 0 saturated heterocycles. The first-order chi connectivity index (χ1) is 8.38. The van der Waals surface area contributed by atoms with Crippen molar-refractivity contribution in [3.8, 4) is 0 Å². The molecule has 0 amide bonds. The second-order valence-electron chi connectivity index (χ2n) is 4.66. The van der Waals surface area contributed by atoms with Gasteiger partial charge in [0, 0.05) is 18.3 Å². The van der Waals surface area contributed by atoms with Crippen LogP contribution < -0.4 is 5.43 Å². The Labute approximate surface area is 100 Å². The first-order valence-corrected chi connectivity index (χ1v) is 6.05. The van der Waals surface area contributed by atoms with Crippen LogP contribution in [0.25, 0.3) is 11.0 Å². The molecule has 1 saturated carbocycles. The number of hydrazone groups is 1. The highest BCUT2D eigenvalue weighted by Gasteiger charge is 2.21. The minimum absolute atomic E-state index is 0.820. The number of aromatic nitrogens is 2. The number of pyridine rings is 1. The fraction of sp³-hybridized carbons (Fsp3) is 0.385. The van der Waals surface area contributed by atoms with Crippen molar-refractivity contribution in [2.75, 3.05) is 5.43 Å². The van der Waals surface area contributed by atoms with Crippen molar-refractivity contribution >= 4 is 23.4 Å². The van der Waals surface area contributed by atoms with Crippen LogP contribution in [0.1, 0.15) is 24.8 Å². The fourth-order valence-corrected chi connectivity index (χ4v) is 2.45. The van der Waals surface area contributed by atoms with E-state index in [9.17, 15) is 0 Å². The van der Waals surface area contributed by atoms with Crippen molar-refractivity contribution in [3.05, 3.63) is 24.0 Å². The lowest BCUT2D eigenvalue weighted by molar-refractivity contribution is 0.315. The van der Waals surface area contributed by atoms with Gasteiger partial charge in [0.25, 0.3) is 0 Å². The molecule has 4 nitrogen and oxygen atoms in total. The van der Waals surface area contributed by atoms with E-state index in [1.54, 1.807) is 0 Å². The summed E-state index contributed by atoms with van der Waals surface area (Å²) in [7, 11) is 0. The van der Waals surface area contributed by atoms with E-state index in [0.717, 1.165) is 23.7 Å². The zero-order chi connectivity index (χ0) is 11.7. The first kappa shape index (κ1) is 10.3. The van der Waals surface area contributed by atoms with Crippen molar-refractivity contribution in [3.63, 3.8) is 0 Å². The Bertz CT molecular complexity index is 539. The van der Waals surface area contributed by atoms with E-state index in [2.05, 4.69) is 33.3 Å². The lowest BCUT2D eigenvalue weighted by Crippen LogP contribution is -2.14. The number of rotatable bonds is 4. The third-order valence-electron chi connectivity index (χ3n) is 3.62. The van der Waals surface area contributed by atoms with Gasteiger partial charge in [0.05, 0.1) is 11.9 Å². The van der Waals surface area contributed by atoms with Crippen LogP contribution in [0, 0.1) is 5.92 Å². The van der Waals surface area contributed by atoms with Gasteiger partial charge in [-0.2, -0.15) is 5.10 Å². The Kier molecular flexibility index (Phi) is 2.55. The number of nitrogens with one attached hydrogen (secondary N) is 2. The van der Waals surface area contributed by atoms with E-state index in [4.69, 9.17) is 0 Å². The number of aromatic amines is 1.